The van der Waals surface area contributed by atoms with Gasteiger partial charge in [-0.25, -0.2) is 9.78 Å². The molecule has 1 saturated heterocycles. The maximum atomic E-state index is 14.3. The first kappa shape index (κ1) is 64.7. The highest BCUT2D eigenvalue weighted by molar-refractivity contribution is 6.99. The van der Waals surface area contributed by atoms with E-state index in [9.17, 15) is 4.79 Å². The number of ether oxygens (including phenoxy) is 4. The van der Waals surface area contributed by atoms with E-state index in [4.69, 9.17) is 37.2 Å². The number of fused-ring (bicyclic) bond motifs is 2. The largest absolute Gasteiger partial charge is 0.489 e. The lowest BCUT2D eigenvalue weighted by Crippen LogP contribution is -2.66. The van der Waals surface area contributed by atoms with Gasteiger partial charge >= 0.3 is 6.09 Å². The van der Waals surface area contributed by atoms with Gasteiger partial charge < -0.3 is 41.7 Å². The number of benzene rings is 8. The molecule has 0 saturated carbocycles. The van der Waals surface area contributed by atoms with Crippen LogP contribution >= 0.6 is 0 Å². The van der Waals surface area contributed by atoms with E-state index >= 15 is 0 Å². The summed E-state index contributed by atoms with van der Waals surface area (Å²) in [6.45, 7) is 25.2. The summed E-state index contributed by atoms with van der Waals surface area (Å²) in [5.41, 5.74) is 9.71. The topological polar surface area (TPSA) is 110 Å². The molecule has 1 unspecified atom stereocenters. The number of anilines is 1. The SMILES string of the molecule is COCn1cc(-c2cnc(CO[Si](c3ccccc3)(c3ccccc3)C(C)(C)C)o2)c2c(-c3cccc4c3N(Cc3ccccc3)CC4(CO[Si](C)(C)C(C)(C)C)c3cc(C[C@H]4COC(C)(C)N4C(=O)OCc4ccccc4)ccc3OCc3ccccc3)cccc21. The van der Waals surface area contributed by atoms with Gasteiger partial charge in [-0.05, 0) is 99.3 Å². The number of amides is 1. The summed E-state index contributed by atoms with van der Waals surface area (Å²) in [6.07, 6.45) is 4.08. The minimum Gasteiger partial charge on any atom is -0.489 e. The second kappa shape index (κ2) is 26.6. The van der Waals surface area contributed by atoms with Crippen LogP contribution in [-0.2, 0) is 68.0 Å². The van der Waals surface area contributed by atoms with Crippen LogP contribution in [0.1, 0.15) is 94.7 Å². The molecule has 2 atom stereocenters. The molecule has 4 heterocycles. The summed E-state index contributed by atoms with van der Waals surface area (Å²) < 4.78 is 49.8. The molecule has 0 spiro atoms. The fourth-order valence-corrected chi connectivity index (χ4v) is 19.2. The standard InChI is InChI=1S/C79H88N4O8Si2/c1-76(2,3)92(10,11)90-55-79(68-46-60(43-44-70(68)86-50-58-31-19-13-20-32-58)45-61-52-88-78(7,8)83(61)75(84)87-51-59-33-21-14-22-34-59)54-81(48-57-29-17-12-18-30-57)74-65(40-27-41-67(74)79)64-39-28-42-69-73(64)66(49-82(69)56-85-9)71-47-80-72(91-71)53-89-93(77(4,5)6,62-35-23-15-24-36-62)63-37-25-16-26-38-63/h12-44,46-47,49,61H,45,48,50-56H2,1-11H3/t61-,79?/m0/s1. The lowest BCUT2D eigenvalue weighted by atomic mass is 9.74. The highest BCUT2D eigenvalue weighted by Gasteiger charge is 2.52. The van der Waals surface area contributed by atoms with E-state index in [0.29, 0.717) is 57.7 Å². The Kier molecular flexibility index (Phi) is 18.5. The van der Waals surface area contributed by atoms with Crippen LogP contribution in [0.5, 0.6) is 5.75 Å². The minimum atomic E-state index is -2.94. The van der Waals surface area contributed by atoms with Crippen LogP contribution in [0.3, 0.4) is 0 Å². The number of carbonyl (C=O) groups is 1. The third-order valence-electron chi connectivity index (χ3n) is 19.4. The Morgan fingerprint density at radius 3 is 1.86 bits per heavy atom. The summed E-state index contributed by atoms with van der Waals surface area (Å²) in [5.74, 6) is 1.89. The van der Waals surface area contributed by atoms with Gasteiger partial charge in [-0.15, -0.1) is 0 Å². The average molecular weight is 1280 g/mol. The number of aromatic nitrogens is 2. The highest BCUT2D eigenvalue weighted by Crippen LogP contribution is 2.55. The van der Waals surface area contributed by atoms with Gasteiger partial charge in [-0.2, -0.15) is 0 Å². The fraction of sp³-hybridized carbons (Fsp3) is 0.316. The summed E-state index contributed by atoms with van der Waals surface area (Å²) in [6, 6.07) is 71.9. The molecule has 93 heavy (non-hydrogen) atoms. The molecule has 0 radical (unpaired) electrons. The Hall–Kier alpha value is -8.35. The molecular weight excluding hydrogens is 1190 g/mol. The molecule has 10 aromatic rings. The van der Waals surface area contributed by atoms with E-state index in [0.717, 1.165) is 66.8 Å². The van der Waals surface area contributed by atoms with Gasteiger partial charge in [0.2, 0.25) is 5.89 Å². The monoisotopic (exact) mass is 1280 g/mol. The first-order chi connectivity index (χ1) is 44.7. The van der Waals surface area contributed by atoms with Crippen LogP contribution in [0.4, 0.5) is 10.5 Å². The Morgan fingerprint density at radius 1 is 0.634 bits per heavy atom. The summed E-state index contributed by atoms with van der Waals surface area (Å²) in [7, 11) is -3.67. The van der Waals surface area contributed by atoms with E-state index in [1.807, 2.05) is 56.4 Å². The molecule has 8 aromatic carbocycles. The smallest absolute Gasteiger partial charge is 0.412 e. The van der Waals surface area contributed by atoms with Gasteiger partial charge in [0.05, 0.1) is 29.8 Å². The second-order valence-corrected chi connectivity index (χ2v) is 37.1. The number of oxazole rings is 1. The molecular formula is C79H88N4O8Si2. The van der Waals surface area contributed by atoms with E-state index in [1.54, 1.807) is 12.0 Å². The lowest BCUT2D eigenvalue weighted by molar-refractivity contribution is -0.0491. The molecule has 14 heteroatoms. The third kappa shape index (κ3) is 13.1. The molecule has 2 aliphatic rings. The zero-order valence-electron chi connectivity index (χ0n) is 55.8. The van der Waals surface area contributed by atoms with Crippen molar-refractivity contribution < 1.29 is 37.0 Å². The van der Waals surface area contributed by atoms with Gasteiger partial charge in [0.1, 0.15) is 38.0 Å². The first-order valence-electron chi connectivity index (χ1n) is 32.5. The fourth-order valence-electron chi connectivity index (χ4n) is 13.7. The molecule has 2 aromatic heterocycles. The minimum absolute atomic E-state index is 0.0981. The van der Waals surface area contributed by atoms with Crippen molar-refractivity contribution in [1.82, 2.24) is 14.5 Å². The van der Waals surface area contributed by atoms with Gasteiger partial charge in [0.25, 0.3) is 8.32 Å². The van der Waals surface area contributed by atoms with Crippen LogP contribution in [0.15, 0.2) is 223 Å². The number of hydrogen-bond donors (Lipinski definition) is 0. The van der Waals surface area contributed by atoms with E-state index in [2.05, 4.69) is 240 Å². The summed E-state index contributed by atoms with van der Waals surface area (Å²) in [5, 5.41) is 3.05. The van der Waals surface area contributed by atoms with Crippen molar-refractivity contribution in [3.63, 3.8) is 0 Å². The van der Waals surface area contributed by atoms with Crippen molar-refractivity contribution >= 4 is 49.7 Å². The average Bonchev–Trinajstić information content (AvgIpc) is 1.61. The maximum absolute atomic E-state index is 14.3. The van der Waals surface area contributed by atoms with Crippen LogP contribution in [0, 0.1) is 0 Å². The van der Waals surface area contributed by atoms with Crippen LogP contribution in [-0.4, -0.2) is 75.8 Å². The number of nitrogens with zero attached hydrogens (tertiary/aromatic N) is 4. The Bertz CT molecular complexity index is 4150. The predicted octanol–water partition coefficient (Wildman–Crippen LogP) is 16.9. The molecule has 2 aliphatic heterocycles. The van der Waals surface area contributed by atoms with Crippen molar-refractivity contribution in [3.05, 3.63) is 258 Å². The predicted molar refractivity (Wildman–Crippen MR) is 377 cm³/mol. The van der Waals surface area contributed by atoms with Crippen molar-refractivity contribution in [2.75, 3.05) is 31.8 Å². The Morgan fingerprint density at radius 2 is 1.24 bits per heavy atom. The molecule has 1 amide bonds. The maximum Gasteiger partial charge on any atom is 0.412 e. The summed E-state index contributed by atoms with van der Waals surface area (Å²) >= 11 is 0. The molecule has 12 nitrogen and oxygen atoms in total. The van der Waals surface area contributed by atoms with Crippen molar-refractivity contribution in [2.24, 2.45) is 0 Å². The molecule has 0 N–H and O–H groups in total. The number of carbonyl (C=O) groups excluding carboxylic acids is 1. The van der Waals surface area contributed by atoms with Crippen LogP contribution in [0.2, 0.25) is 23.2 Å². The second-order valence-electron chi connectivity index (χ2n) is 28.0. The highest BCUT2D eigenvalue weighted by atomic mass is 28.4. The lowest BCUT2D eigenvalue weighted by Gasteiger charge is -2.42. The van der Waals surface area contributed by atoms with Crippen LogP contribution < -0.4 is 20.0 Å². The van der Waals surface area contributed by atoms with E-state index in [1.165, 1.54) is 15.9 Å². The number of para-hydroxylation sites is 1. The molecule has 1 fully saturated rings. The molecule has 12 rings (SSSR count). The van der Waals surface area contributed by atoms with E-state index in [-0.39, 0.29) is 29.3 Å². The normalized spacial score (nSPS) is 16.7. The van der Waals surface area contributed by atoms with E-state index < -0.39 is 33.9 Å². The zero-order chi connectivity index (χ0) is 65.2. The number of methoxy groups -OCH3 is 1. The van der Waals surface area contributed by atoms with Crippen molar-refractivity contribution in [2.45, 2.75) is 135 Å². The Labute approximate surface area is 551 Å². The number of hydrogen-bond acceptors (Lipinski definition) is 10. The first-order valence-corrected chi connectivity index (χ1v) is 37.3. The van der Waals surface area contributed by atoms with Gasteiger partial charge in [0, 0.05) is 60.8 Å². The number of rotatable bonds is 22. The van der Waals surface area contributed by atoms with Gasteiger partial charge in [0.15, 0.2) is 14.1 Å². The molecule has 0 aliphatic carbocycles. The quantitative estimate of drug-likeness (QED) is 0.0609. The van der Waals surface area contributed by atoms with Gasteiger partial charge in [-0.3, -0.25) is 4.90 Å². The van der Waals surface area contributed by atoms with Gasteiger partial charge in [-0.1, -0.05) is 236 Å². The van der Waals surface area contributed by atoms with Crippen molar-refractivity contribution in [1.29, 1.82) is 0 Å². The molecule has 0 bridgehead atoms. The van der Waals surface area contributed by atoms with Crippen molar-refractivity contribution in [3.8, 4) is 28.2 Å². The molecule has 480 valence electrons. The third-order valence-corrected chi connectivity index (χ3v) is 28.8. The van der Waals surface area contributed by atoms with Crippen LogP contribution in [0.25, 0.3) is 33.4 Å². The summed E-state index contributed by atoms with van der Waals surface area (Å²) in [4.78, 5) is 23.7. The Balaban J connectivity index is 1.01. The zero-order valence-corrected chi connectivity index (χ0v) is 57.8.